The van der Waals surface area contributed by atoms with Crippen LogP contribution in [0, 0.1) is 0 Å². The Morgan fingerprint density at radius 2 is 2.11 bits per heavy atom. The van der Waals surface area contributed by atoms with Crippen LogP contribution in [0.1, 0.15) is 10.6 Å². The first-order valence-electron chi connectivity index (χ1n) is 5.45. The number of ether oxygens (including phenoxy) is 1. The van der Waals surface area contributed by atoms with Gasteiger partial charge in [0.1, 0.15) is 12.4 Å². The van der Waals surface area contributed by atoms with Gasteiger partial charge in [-0.05, 0) is 46.3 Å². The second-order valence-corrected chi connectivity index (χ2v) is 5.45. The quantitative estimate of drug-likeness (QED) is 0.559. The predicted molar refractivity (Wildman–Crippen MR) is 80.0 cm³/mol. The van der Waals surface area contributed by atoms with Gasteiger partial charge in [0.15, 0.2) is 0 Å². The van der Waals surface area contributed by atoms with Crippen molar-refractivity contribution in [1.29, 1.82) is 0 Å². The fourth-order valence-corrected chi connectivity index (χ4v) is 2.73. The molecule has 3 nitrogen and oxygen atoms in total. The third kappa shape index (κ3) is 3.36. The molecule has 0 aliphatic rings. The molecule has 0 saturated carbocycles. The number of benzene rings is 1. The number of carbonyl (C=O) groups excluding carboxylic acids is 1. The van der Waals surface area contributed by atoms with Crippen molar-refractivity contribution in [2.75, 3.05) is 6.61 Å². The molecule has 19 heavy (non-hydrogen) atoms. The van der Waals surface area contributed by atoms with E-state index in [4.69, 9.17) is 9.15 Å². The summed E-state index contributed by atoms with van der Waals surface area (Å²) < 4.78 is 12.2. The molecule has 1 aromatic heterocycles. The Balaban J connectivity index is 2.25. The van der Waals surface area contributed by atoms with Crippen molar-refractivity contribution in [3.05, 3.63) is 57.7 Å². The summed E-state index contributed by atoms with van der Waals surface area (Å²) in [6.45, 7) is 3.64. The van der Waals surface area contributed by atoms with Crippen LogP contribution in [0.4, 0.5) is 0 Å². The van der Waals surface area contributed by atoms with Gasteiger partial charge in [0.05, 0.1) is 0 Å². The van der Waals surface area contributed by atoms with E-state index in [1.807, 2.05) is 18.2 Å². The Morgan fingerprint density at radius 1 is 1.32 bits per heavy atom. The molecule has 0 radical (unpaired) electrons. The fourth-order valence-electron chi connectivity index (χ4n) is 1.49. The molecule has 0 N–H and O–H groups in total. The molecule has 0 amide bonds. The number of rotatable bonds is 4. The highest BCUT2D eigenvalue weighted by Gasteiger charge is 2.14. The van der Waals surface area contributed by atoms with Crippen LogP contribution in [0.15, 0.2) is 56.3 Å². The highest BCUT2D eigenvalue weighted by atomic mass is 79.9. The van der Waals surface area contributed by atoms with Crippen LogP contribution < -0.4 is 0 Å². The van der Waals surface area contributed by atoms with E-state index in [9.17, 15) is 4.79 Å². The zero-order chi connectivity index (χ0) is 13.8. The Labute approximate surface area is 127 Å². The average Bonchev–Trinajstić information content (AvgIpc) is 2.85. The van der Waals surface area contributed by atoms with Crippen LogP contribution in [-0.2, 0) is 4.74 Å². The van der Waals surface area contributed by atoms with Crippen LogP contribution in [-0.4, -0.2) is 12.6 Å². The van der Waals surface area contributed by atoms with E-state index in [0.717, 1.165) is 14.5 Å². The van der Waals surface area contributed by atoms with E-state index in [1.54, 1.807) is 12.1 Å². The highest BCUT2D eigenvalue weighted by Crippen LogP contribution is 2.32. The average molecular weight is 386 g/mol. The van der Waals surface area contributed by atoms with E-state index in [-0.39, 0.29) is 12.4 Å². The van der Waals surface area contributed by atoms with E-state index in [2.05, 4.69) is 38.4 Å². The third-order valence-electron chi connectivity index (χ3n) is 2.34. The van der Waals surface area contributed by atoms with Gasteiger partial charge in [0.25, 0.3) is 0 Å². The Kier molecular flexibility index (Phi) is 4.61. The number of esters is 1. The number of halogens is 2. The summed E-state index contributed by atoms with van der Waals surface area (Å²) >= 11 is 6.83. The maximum absolute atomic E-state index is 11.6. The molecule has 5 heteroatoms. The monoisotopic (exact) mass is 384 g/mol. The first-order chi connectivity index (χ1) is 9.11. The van der Waals surface area contributed by atoms with E-state index < -0.39 is 5.97 Å². The number of hydrogen-bond donors (Lipinski definition) is 0. The Bertz CT molecular complexity index is 617. The van der Waals surface area contributed by atoms with E-state index >= 15 is 0 Å². The SMILES string of the molecule is C=CCOC(=O)c1ccc(-c2ccc(Br)cc2Br)o1. The van der Waals surface area contributed by atoms with Crippen molar-refractivity contribution in [1.82, 2.24) is 0 Å². The first-order valence-corrected chi connectivity index (χ1v) is 7.03. The molecular formula is C14H10Br2O3. The lowest BCUT2D eigenvalue weighted by Gasteiger charge is -2.02. The number of furan rings is 1. The minimum Gasteiger partial charge on any atom is -0.456 e. The van der Waals surface area contributed by atoms with Gasteiger partial charge < -0.3 is 9.15 Å². The molecule has 0 aliphatic carbocycles. The lowest BCUT2D eigenvalue weighted by atomic mass is 10.2. The van der Waals surface area contributed by atoms with E-state index in [1.165, 1.54) is 6.08 Å². The Hall–Kier alpha value is -1.33. The fraction of sp³-hybridized carbons (Fsp3) is 0.0714. The summed E-state index contributed by atoms with van der Waals surface area (Å²) in [5.74, 6) is 0.274. The van der Waals surface area contributed by atoms with Gasteiger partial charge in [0, 0.05) is 14.5 Å². The lowest BCUT2D eigenvalue weighted by molar-refractivity contribution is 0.0514. The number of carbonyl (C=O) groups is 1. The molecule has 2 aromatic rings. The van der Waals surface area contributed by atoms with Crippen LogP contribution in [0.3, 0.4) is 0 Å². The first kappa shape index (κ1) is 14.1. The van der Waals surface area contributed by atoms with Gasteiger partial charge in [-0.2, -0.15) is 0 Å². The van der Waals surface area contributed by atoms with Crippen LogP contribution in [0.5, 0.6) is 0 Å². The smallest absolute Gasteiger partial charge is 0.374 e. The van der Waals surface area contributed by atoms with Crippen molar-refractivity contribution in [2.24, 2.45) is 0 Å². The predicted octanol–water partition coefficient (Wildman–Crippen LogP) is 4.81. The molecule has 0 unspecified atom stereocenters. The summed E-state index contributed by atoms with van der Waals surface area (Å²) in [5.41, 5.74) is 0.867. The maximum Gasteiger partial charge on any atom is 0.374 e. The molecule has 1 aromatic carbocycles. The molecule has 0 aliphatic heterocycles. The van der Waals surface area contributed by atoms with Crippen LogP contribution in [0.25, 0.3) is 11.3 Å². The Morgan fingerprint density at radius 3 is 2.79 bits per heavy atom. The van der Waals surface area contributed by atoms with Crippen molar-refractivity contribution in [3.8, 4) is 11.3 Å². The van der Waals surface area contributed by atoms with Crippen molar-refractivity contribution in [3.63, 3.8) is 0 Å². The summed E-state index contributed by atoms with van der Waals surface area (Å²) in [6, 6.07) is 9.03. The summed E-state index contributed by atoms with van der Waals surface area (Å²) in [7, 11) is 0. The maximum atomic E-state index is 11.6. The second kappa shape index (κ2) is 6.21. The number of hydrogen-bond acceptors (Lipinski definition) is 3. The van der Waals surface area contributed by atoms with Gasteiger partial charge in [0.2, 0.25) is 5.76 Å². The molecule has 2 rings (SSSR count). The van der Waals surface area contributed by atoms with E-state index in [0.29, 0.717) is 5.76 Å². The van der Waals surface area contributed by atoms with Crippen molar-refractivity contribution < 1.29 is 13.9 Å². The van der Waals surface area contributed by atoms with Crippen molar-refractivity contribution >= 4 is 37.8 Å². The van der Waals surface area contributed by atoms with Crippen LogP contribution >= 0.6 is 31.9 Å². The molecule has 0 saturated heterocycles. The molecular weight excluding hydrogens is 376 g/mol. The zero-order valence-corrected chi connectivity index (χ0v) is 13.0. The van der Waals surface area contributed by atoms with Gasteiger partial charge in [-0.25, -0.2) is 4.79 Å². The molecule has 0 bridgehead atoms. The lowest BCUT2D eigenvalue weighted by Crippen LogP contribution is -2.03. The normalized spacial score (nSPS) is 10.2. The largest absolute Gasteiger partial charge is 0.456 e. The third-order valence-corrected chi connectivity index (χ3v) is 3.49. The standard InChI is InChI=1S/C14H10Br2O3/c1-2-7-18-14(17)13-6-5-12(19-13)10-4-3-9(15)8-11(10)16/h2-6,8H,1,7H2. The van der Waals surface area contributed by atoms with Gasteiger partial charge in [-0.1, -0.05) is 28.6 Å². The highest BCUT2D eigenvalue weighted by molar-refractivity contribution is 9.11. The second-order valence-electron chi connectivity index (χ2n) is 3.68. The van der Waals surface area contributed by atoms with Gasteiger partial charge in [-0.3, -0.25) is 0 Å². The molecule has 0 atom stereocenters. The minimum atomic E-state index is -0.501. The van der Waals surface area contributed by atoms with Gasteiger partial charge in [-0.15, -0.1) is 0 Å². The topological polar surface area (TPSA) is 39.4 Å². The molecule has 1 heterocycles. The molecule has 0 spiro atoms. The summed E-state index contributed by atoms with van der Waals surface area (Å²) in [5, 5.41) is 0. The van der Waals surface area contributed by atoms with Crippen LogP contribution in [0.2, 0.25) is 0 Å². The molecule has 98 valence electrons. The van der Waals surface area contributed by atoms with Gasteiger partial charge >= 0.3 is 5.97 Å². The minimum absolute atomic E-state index is 0.164. The summed E-state index contributed by atoms with van der Waals surface area (Å²) in [4.78, 5) is 11.6. The zero-order valence-electron chi connectivity index (χ0n) is 9.86. The molecule has 0 fully saturated rings. The summed E-state index contributed by atoms with van der Waals surface area (Å²) in [6.07, 6.45) is 1.51. The van der Waals surface area contributed by atoms with Crippen molar-refractivity contribution in [2.45, 2.75) is 0 Å².